The first-order chi connectivity index (χ1) is 13.4. The molecular weight excluding hydrogens is 374 g/mol. The number of amides is 2. The number of carbonyl (C=O) groups excluding carboxylic acids is 2. The molecule has 29 heavy (non-hydrogen) atoms. The molecule has 2 rings (SSSR count). The van der Waals surface area contributed by atoms with E-state index in [2.05, 4.69) is 10.7 Å². The van der Waals surface area contributed by atoms with Gasteiger partial charge in [-0.1, -0.05) is 18.2 Å². The Morgan fingerprint density at radius 1 is 1.03 bits per heavy atom. The number of aromatic nitrogens is 1. The second-order valence-corrected chi connectivity index (χ2v) is 8.89. The van der Waals surface area contributed by atoms with E-state index in [0.717, 1.165) is 16.5 Å². The van der Waals surface area contributed by atoms with E-state index < -0.39 is 29.4 Å². The molecule has 1 heterocycles. The van der Waals surface area contributed by atoms with Crippen LogP contribution < -0.4 is 10.7 Å². The van der Waals surface area contributed by atoms with Crippen molar-refractivity contribution in [3.63, 3.8) is 0 Å². The number of nitrogens with zero attached hydrogens (tertiary/aromatic N) is 1. The van der Waals surface area contributed by atoms with E-state index in [4.69, 9.17) is 9.47 Å². The molecule has 0 radical (unpaired) electrons. The molecule has 1 aromatic heterocycles. The van der Waals surface area contributed by atoms with Crippen LogP contribution in [0.1, 0.15) is 47.1 Å². The Bertz CT molecular complexity index is 861. The van der Waals surface area contributed by atoms with Gasteiger partial charge in [0.1, 0.15) is 11.2 Å². The zero-order chi connectivity index (χ0) is 21.8. The summed E-state index contributed by atoms with van der Waals surface area (Å²) < 4.78 is 12.2. The molecule has 0 aliphatic heterocycles. The van der Waals surface area contributed by atoms with E-state index in [1.54, 1.807) is 52.4 Å². The Balaban J connectivity index is 2.20. The van der Waals surface area contributed by atoms with Gasteiger partial charge in [0, 0.05) is 11.6 Å². The maximum atomic E-state index is 12.2. The zero-order valence-corrected chi connectivity index (χ0v) is 17.9. The third-order valence-corrected chi connectivity index (χ3v) is 3.81. The molecule has 2 amide bonds. The molecule has 0 saturated carbocycles. The van der Waals surface area contributed by atoms with Crippen LogP contribution in [0.3, 0.4) is 0 Å². The molecule has 160 valence electrons. The summed E-state index contributed by atoms with van der Waals surface area (Å²) in [6.07, 6.45) is 0.954. The van der Waals surface area contributed by atoms with Crippen molar-refractivity contribution in [3.8, 4) is 0 Å². The average molecular weight is 405 g/mol. The third kappa shape index (κ3) is 6.98. The minimum absolute atomic E-state index is 0.252. The summed E-state index contributed by atoms with van der Waals surface area (Å²) in [6, 6.07) is 7.00. The SMILES string of the molecule is CC(C)(C)OC(=O)N[C@H](CO)Cc1cn(NC(=O)OC(C)(C)C)c2ccccc12. The van der Waals surface area contributed by atoms with Crippen LogP contribution in [0.15, 0.2) is 30.5 Å². The van der Waals surface area contributed by atoms with E-state index in [0.29, 0.717) is 6.42 Å². The van der Waals surface area contributed by atoms with Gasteiger partial charge in [-0.3, -0.25) is 4.68 Å². The summed E-state index contributed by atoms with van der Waals surface area (Å²) in [7, 11) is 0. The largest absolute Gasteiger partial charge is 0.444 e. The lowest BCUT2D eigenvalue weighted by Crippen LogP contribution is -2.42. The number of nitrogens with one attached hydrogen (secondary N) is 2. The zero-order valence-electron chi connectivity index (χ0n) is 17.9. The van der Waals surface area contributed by atoms with Crippen molar-refractivity contribution in [2.75, 3.05) is 12.0 Å². The Hall–Kier alpha value is -2.74. The smallest absolute Gasteiger partial charge is 0.426 e. The van der Waals surface area contributed by atoms with Gasteiger partial charge in [0.2, 0.25) is 0 Å². The molecule has 1 aromatic carbocycles. The van der Waals surface area contributed by atoms with Gasteiger partial charge in [-0.25, -0.2) is 15.0 Å². The Morgan fingerprint density at radius 3 is 2.21 bits per heavy atom. The van der Waals surface area contributed by atoms with Crippen LogP contribution in [0.4, 0.5) is 9.59 Å². The van der Waals surface area contributed by atoms with Crippen molar-refractivity contribution in [2.45, 2.75) is 65.2 Å². The maximum absolute atomic E-state index is 12.2. The number of carbonyl (C=O) groups is 2. The van der Waals surface area contributed by atoms with E-state index in [1.807, 2.05) is 24.3 Å². The fourth-order valence-corrected chi connectivity index (χ4v) is 2.81. The summed E-state index contributed by atoms with van der Waals surface area (Å²) in [5.74, 6) is 0. The molecule has 0 saturated heterocycles. The Morgan fingerprint density at radius 2 is 1.62 bits per heavy atom. The van der Waals surface area contributed by atoms with Crippen molar-refractivity contribution in [3.05, 3.63) is 36.0 Å². The van der Waals surface area contributed by atoms with Crippen LogP contribution in [0, 0.1) is 0 Å². The first kappa shape index (κ1) is 22.5. The monoisotopic (exact) mass is 405 g/mol. The number of para-hydroxylation sites is 1. The van der Waals surface area contributed by atoms with E-state index in [-0.39, 0.29) is 6.61 Å². The molecule has 0 unspecified atom stereocenters. The topological polar surface area (TPSA) is 102 Å². The summed E-state index contributed by atoms with van der Waals surface area (Å²) >= 11 is 0. The van der Waals surface area contributed by atoms with Gasteiger partial charge in [-0.2, -0.15) is 0 Å². The quantitative estimate of drug-likeness (QED) is 0.706. The van der Waals surface area contributed by atoms with E-state index in [9.17, 15) is 14.7 Å². The predicted octanol–water partition coefficient (Wildman–Crippen LogP) is 3.55. The molecule has 1 atom stereocenters. The molecule has 2 aromatic rings. The van der Waals surface area contributed by atoms with E-state index in [1.165, 1.54) is 0 Å². The van der Waals surface area contributed by atoms with Crippen LogP contribution in [-0.2, 0) is 15.9 Å². The number of hydrogen-bond acceptors (Lipinski definition) is 5. The molecule has 8 nitrogen and oxygen atoms in total. The average Bonchev–Trinajstić information content (AvgIpc) is 2.88. The van der Waals surface area contributed by atoms with Gasteiger partial charge >= 0.3 is 12.2 Å². The maximum Gasteiger partial charge on any atom is 0.426 e. The van der Waals surface area contributed by atoms with Crippen molar-refractivity contribution >= 4 is 23.1 Å². The second kappa shape index (κ2) is 8.73. The normalized spacial score (nSPS) is 13.1. The first-order valence-corrected chi connectivity index (χ1v) is 9.57. The molecule has 3 N–H and O–H groups in total. The molecular formula is C21H31N3O5. The Labute approximate surface area is 171 Å². The van der Waals surface area contributed by atoms with Crippen LogP contribution in [-0.4, -0.2) is 45.8 Å². The van der Waals surface area contributed by atoms with Crippen LogP contribution in [0.5, 0.6) is 0 Å². The number of alkyl carbamates (subject to hydrolysis) is 1. The molecule has 0 fully saturated rings. The predicted molar refractivity (Wildman–Crippen MR) is 111 cm³/mol. The number of ether oxygens (including phenoxy) is 2. The highest BCUT2D eigenvalue weighted by Crippen LogP contribution is 2.22. The molecule has 8 heteroatoms. The van der Waals surface area contributed by atoms with Crippen LogP contribution in [0.25, 0.3) is 10.9 Å². The number of rotatable bonds is 5. The number of hydrogen-bond donors (Lipinski definition) is 3. The number of aliphatic hydroxyl groups excluding tert-OH is 1. The highest BCUT2D eigenvalue weighted by Gasteiger charge is 2.22. The summed E-state index contributed by atoms with van der Waals surface area (Å²) in [5.41, 5.74) is 3.10. The fourth-order valence-electron chi connectivity index (χ4n) is 2.81. The first-order valence-electron chi connectivity index (χ1n) is 9.57. The van der Waals surface area contributed by atoms with Crippen molar-refractivity contribution in [2.24, 2.45) is 0 Å². The minimum Gasteiger partial charge on any atom is -0.444 e. The van der Waals surface area contributed by atoms with Gasteiger partial charge in [0.05, 0.1) is 18.2 Å². The summed E-state index contributed by atoms with van der Waals surface area (Å²) in [6.45, 7) is 10.4. The minimum atomic E-state index is -0.628. The van der Waals surface area contributed by atoms with Crippen molar-refractivity contribution < 1.29 is 24.2 Å². The van der Waals surface area contributed by atoms with Crippen LogP contribution >= 0.6 is 0 Å². The lowest BCUT2D eigenvalue weighted by molar-refractivity contribution is 0.0482. The third-order valence-electron chi connectivity index (χ3n) is 3.81. The van der Waals surface area contributed by atoms with E-state index >= 15 is 0 Å². The molecule has 0 bridgehead atoms. The number of fused-ring (bicyclic) bond motifs is 1. The highest BCUT2D eigenvalue weighted by atomic mass is 16.6. The van der Waals surface area contributed by atoms with Crippen LogP contribution in [0.2, 0.25) is 0 Å². The highest BCUT2D eigenvalue weighted by molar-refractivity contribution is 5.87. The van der Waals surface area contributed by atoms with Crippen molar-refractivity contribution in [1.82, 2.24) is 9.99 Å². The second-order valence-electron chi connectivity index (χ2n) is 8.89. The van der Waals surface area contributed by atoms with Gasteiger partial charge in [-0.15, -0.1) is 0 Å². The number of benzene rings is 1. The lowest BCUT2D eigenvalue weighted by atomic mass is 10.1. The lowest BCUT2D eigenvalue weighted by Gasteiger charge is -2.22. The number of aliphatic hydroxyl groups is 1. The standard InChI is InChI=1S/C21H31N3O5/c1-20(2,3)28-18(26)22-15(13-25)11-14-12-24(17-10-8-7-9-16(14)17)23-19(27)29-21(4,5)6/h7-10,12,15,25H,11,13H2,1-6H3,(H,22,26)(H,23,27)/t15-/m0/s1. The summed E-state index contributed by atoms with van der Waals surface area (Å²) in [5, 5.41) is 13.3. The van der Waals surface area contributed by atoms with Gasteiger partial charge in [0.15, 0.2) is 0 Å². The van der Waals surface area contributed by atoms with Gasteiger partial charge in [-0.05, 0) is 59.6 Å². The van der Waals surface area contributed by atoms with Crippen molar-refractivity contribution in [1.29, 1.82) is 0 Å². The molecule has 0 aliphatic rings. The molecule has 0 spiro atoms. The summed E-state index contributed by atoms with van der Waals surface area (Å²) in [4.78, 5) is 24.2. The van der Waals surface area contributed by atoms with Gasteiger partial charge in [0.25, 0.3) is 0 Å². The fraction of sp³-hybridized carbons (Fsp3) is 0.524. The molecule has 0 aliphatic carbocycles. The van der Waals surface area contributed by atoms with Gasteiger partial charge < -0.3 is 19.9 Å². The Kier molecular flexibility index (Phi) is 6.79.